The van der Waals surface area contributed by atoms with Crippen molar-refractivity contribution in [1.82, 2.24) is 5.32 Å². The van der Waals surface area contributed by atoms with Gasteiger partial charge >= 0.3 is 0 Å². The van der Waals surface area contributed by atoms with E-state index in [1.165, 1.54) is 353 Å². The third-order valence-corrected chi connectivity index (χ3v) is 17.3. The quantitative estimate of drug-likeness (QED) is 0.0420. The number of carbonyl (C=O) groups excluding carboxylic acids is 1. The van der Waals surface area contributed by atoms with Crippen LogP contribution in [-0.2, 0) is 4.79 Å². The fourth-order valence-electron chi connectivity index (χ4n) is 11.7. The summed E-state index contributed by atoms with van der Waals surface area (Å²) in [5.41, 5.74) is 0. The molecule has 0 spiro atoms. The van der Waals surface area contributed by atoms with Gasteiger partial charge in [0.1, 0.15) is 0 Å². The number of aliphatic hydroxyl groups is 2. The molecular formula is C76H145NO3. The molecule has 1 amide bonds. The molecule has 0 heterocycles. The molecular weight excluding hydrogens is 975 g/mol. The molecule has 3 N–H and O–H groups in total. The minimum Gasteiger partial charge on any atom is -0.394 e. The molecule has 4 nitrogen and oxygen atoms in total. The zero-order valence-corrected chi connectivity index (χ0v) is 54.6. The van der Waals surface area contributed by atoms with E-state index in [0.717, 1.165) is 38.5 Å². The first-order chi connectivity index (χ1) is 39.7. The van der Waals surface area contributed by atoms with E-state index in [1.54, 1.807) is 6.08 Å². The highest BCUT2D eigenvalue weighted by Crippen LogP contribution is 2.19. The van der Waals surface area contributed by atoms with Crippen molar-refractivity contribution in [2.45, 2.75) is 424 Å². The second-order valence-corrected chi connectivity index (χ2v) is 25.4. The molecule has 0 aliphatic rings. The lowest BCUT2D eigenvalue weighted by Crippen LogP contribution is -2.45. The number of aliphatic hydroxyl groups excluding tert-OH is 2. The van der Waals surface area contributed by atoms with E-state index in [4.69, 9.17) is 0 Å². The number of carbonyl (C=O) groups is 1. The third-order valence-electron chi connectivity index (χ3n) is 17.3. The summed E-state index contributed by atoms with van der Waals surface area (Å²) in [6.45, 7) is 4.34. The highest BCUT2D eigenvalue weighted by Gasteiger charge is 2.18. The van der Waals surface area contributed by atoms with E-state index in [1.807, 2.05) is 6.08 Å². The molecule has 4 heteroatoms. The summed E-state index contributed by atoms with van der Waals surface area (Å²) in [5.74, 6) is -0.0557. The Morgan fingerprint density at radius 2 is 0.512 bits per heavy atom. The maximum absolute atomic E-state index is 12.6. The average molecular weight is 1120 g/mol. The Hall–Kier alpha value is -1.65. The molecule has 0 fully saturated rings. The monoisotopic (exact) mass is 1120 g/mol. The van der Waals surface area contributed by atoms with E-state index in [0.29, 0.717) is 6.42 Å². The third kappa shape index (κ3) is 67.1. The number of hydrogen-bond acceptors (Lipinski definition) is 3. The van der Waals surface area contributed by atoms with Crippen LogP contribution in [0.1, 0.15) is 412 Å². The van der Waals surface area contributed by atoms with Crippen molar-refractivity contribution in [2.75, 3.05) is 6.61 Å². The molecule has 0 saturated heterocycles. The number of unbranched alkanes of at least 4 members (excludes halogenated alkanes) is 56. The Balaban J connectivity index is 3.41. The van der Waals surface area contributed by atoms with Gasteiger partial charge in [0.05, 0.1) is 18.8 Å². The van der Waals surface area contributed by atoms with Crippen LogP contribution < -0.4 is 5.32 Å². The second kappa shape index (κ2) is 71.6. The second-order valence-electron chi connectivity index (χ2n) is 25.4. The van der Waals surface area contributed by atoms with Gasteiger partial charge in [0.2, 0.25) is 5.91 Å². The fourth-order valence-corrected chi connectivity index (χ4v) is 11.7. The van der Waals surface area contributed by atoms with Gasteiger partial charge in [-0.1, -0.05) is 396 Å². The van der Waals surface area contributed by atoms with Crippen LogP contribution in [0, 0.1) is 0 Å². The van der Waals surface area contributed by atoms with Crippen molar-refractivity contribution in [3.63, 3.8) is 0 Å². The van der Waals surface area contributed by atoms with Crippen LogP contribution in [0.4, 0.5) is 0 Å². The van der Waals surface area contributed by atoms with Crippen molar-refractivity contribution < 1.29 is 15.0 Å². The first-order valence-corrected chi connectivity index (χ1v) is 36.9. The van der Waals surface area contributed by atoms with Gasteiger partial charge in [-0.15, -0.1) is 0 Å². The zero-order valence-electron chi connectivity index (χ0n) is 54.6. The van der Waals surface area contributed by atoms with Gasteiger partial charge in [0.25, 0.3) is 0 Å². The molecule has 0 radical (unpaired) electrons. The number of amides is 1. The molecule has 2 atom stereocenters. The van der Waals surface area contributed by atoms with Gasteiger partial charge in [0, 0.05) is 6.42 Å². The molecule has 0 aromatic rings. The summed E-state index contributed by atoms with van der Waals surface area (Å²) in [5, 5.41) is 23.3. The summed E-state index contributed by atoms with van der Waals surface area (Å²) in [6, 6.07) is -0.623. The van der Waals surface area contributed by atoms with Gasteiger partial charge in [-0.2, -0.15) is 0 Å². The van der Waals surface area contributed by atoms with Gasteiger partial charge < -0.3 is 15.5 Å². The molecule has 2 unspecified atom stereocenters. The maximum Gasteiger partial charge on any atom is 0.220 e. The molecule has 0 aliphatic heterocycles. The van der Waals surface area contributed by atoms with Gasteiger partial charge in [0.15, 0.2) is 0 Å². The lowest BCUT2D eigenvalue weighted by atomic mass is 10.0. The summed E-state index contributed by atoms with van der Waals surface area (Å²) in [7, 11) is 0. The van der Waals surface area contributed by atoms with Crippen LogP contribution in [0.5, 0.6) is 0 Å². The van der Waals surface area contributed by atoms with E-state index in [9.17, 15) is 15.0 Å². The van der Waals surface area contributed by atoms with Crippen molar-refractivity contribution in [3.8, 4) is 0 Å². The van der Waals surface area contributed by atoms with E-state index in [2.05, 4.69) is 55.6 Å². The number of rotatable bonds is 69. The van der Waals surface area contributed by atoms with E-state index >= 15 is 0 Å². The Labute approximate surface area is 503 Å². The van der Waals surface area contributed by atoms with Crippen molar-refractivity contribution in [3.05, 3.63) is 48.6 Å². The summed E-state index contributed by atoms with van der Waals surface area (Å²) in [6.07, 6.45) is 101. The van der Waals surface area contributed by atoms with Crippen LogP contribution in [0.2, 0.25) is 0 Å². The summed E-state index contributed by atoms with van der Waals surface area (Å²) >= 11 is 0. The predicted molar refractivity (Wildman–Crippen MR) is 359 cm³/mol. The summed E-state index contributed by atoms with van der Waals surface area (Å²) < 4.78 is 0. The Morgan fingerprint density at radius 3 is 0.762 bits per heavy atom. The molecule has 0 bridgehead atoms. The highest BCUT2D eigenvalue weighted by molar-refractivity contribution is 5.76. The smallest absolute Gasteiger partial charge is 0.220 e. The fraction of sp³-hybridized carbons (Fsp3) is 0.882. The zero-order chi connectivity index (χ0) is 57.6. The molecule has 472 valence electrons. The van der Waals surface area contributed by atoms with E-state index in [-0.39, 0.29) is 12.5 Å². The average Bonchev–Trinajstić information content (AvgIpc) is 3.46. The maximum atomic E-state index is 12.6. The minimum absolute atomic E-state index is 0.0557. The van der Waals surface area contributed by atoms with Crippen LogP contribution >= 0.6 is 0 Å². The molecule has 0 rings (SSSR count). The molecule has 0 aliphatic carbocycles. The lowest BCUT2D eigenvalue weighted by Gasteiger charge is -2.20. The first kappa shape index (κ1) is 78.4. The van der Waals surface area contributed by atoms with Crippen molar-refractivity contribution in [2.24, 2.45) is 0 Å². The summed E-state index contributed by atoms with van der Waals surface area (Å²) in [4.78, 5) is 12.6. The topological polar surface area (TPSA) is 69.6 Å². The van der Waals surface area contributed by atoms with Gasteiger partial charge in [-0.3, -0.25) is 4.79 Å². The van der Waals surface area contributed by atoms with Crippen molar-refractivity contribution in [1.29, 1.82) is 0 Å². The normalized spacial score (nSPS) is 12.9. The largest absolute Gasteiger partial charge is 0.394 e. The van der Waals surface area contributed by atoms with Gasteiger partial charge in [-0.25, -0.2) is 0 Å². The Bertz CT molecular complexity index is 1270. The van der Waals surface area contributed by atoms with E-state index < -0.39 is 12.1 Å². The number of nitrogens with one attached hydrogen (secondary N) is 1. The van der Waals surface area contributed by atoms with Crippen LogP contribution in [0.15, 0.2) is 48.6 Å². The molecule has 0 aromatic heterocycles. The standard InChI is InChI=1S/C76H145NO3/c1-3-5-7-9-11-13-15-17-19-21-23-25-27-29-31-33-35-36-37-38-39-40-42-44-46-48-50-52-54-56-58-60-62-64-66-68-70-72-76(80)77-74(73-78)75(79)71-69-67-65-63-61-59-57-55-53-51-49-47-45-43-41-34-32-30-28-26-24-22-20-18-16-14-12-10-8-6-4-2/h15,17,21,23,27,29,69,71,74-75,78-79H,3-14,16,18-20,22,24-26,28,30-68,70,72-73H2,1-2H3,(H,77,80)/b17-15-,23-21-,29-27-,71-69+. The van der Waals surface area contributed by atoms with Crippen LogP contribution in [0.25, 0.3) is 0 Å². The SMILES string of the molecule is CCCCCCC/C=C\C/C=C\C/C=C\CCCCCCCCCCCCCCCCCCCCCCCCC(=O)NC(CO)C(O)/C=C/CCCCCCCCCCCCCCCCCCCCCCCCCCCCCCC. The van der Waals surface area contributed by atoms with Crippen LogP contribution in [0.3, 0.4) is 0 Å². The highest BCUT2D eigenvalue weighted by atomic mass is 16.3. The molecule has 80 heavy (non-hydrogen) atoms. The van der Waals surface area contributed by atoms with Crippen LogP contribution in [-0.4, -0.2) is 34.9 Å². The Kier molecular flexibility index (Phi) is 70.1. The Morgan fingerprint density at radius 1 is 0.300 bits per heavy atom. The van der Waals surface area contributed by atoms with Crippen molar-refractivity contribution >= 4 is 5.91 Å². The predicted octanol–water partition coefficient (Wildman–Crippen LogP) is 25.3. The lowest BCUT2D eigenvalue weighted by molar-refractivity contribution is -0.123. The number of hydrogen-bond donors (Lipinski definition) is 3. The minimum atomic E-state index is -0.841. The first-order valence-electron chi connectivity index (χ1n) is 36.9. The number of allylic oxidation sites excluding steroid dienone is 7. The van der Waals surface area contributed by atoms with Gasteiger partial charge in [-0.05, 0) is 57.8 Å². The molecule has 0 aromatic carbocycles. The molecule has 0 saturated carbocycles.